The summed E-state index contributed by atoms with van der Waals surface area (Å²) in [6.07, 6.45) is 0.321. The molecule has 0 saturated heterocycles. The highest BCUT2D eigenvalue weighted by Crippen LogP contribution is 2.26. The monoisotopic (exact) mass is 403 g/mol. The smallest absolute Gasteiger partial charge is 0.406 e. The Morgan fingerprint density at radius 3 is 2.38 bits per heavy atom. The van der Waals surface area contributed by atoms with E-state index in [4.69, 9.17) is 5.41 Å². The maximum Gasteiger partial charge on any atom is 0.573 e. The van der Waals surface area contributed by atoms with E-state index in [1.54, 1.807) is 24.5 Å². The van der Waals surface area contributed by atoms with Crippen LogP contribution in [0.4, 0.5) is 18.0 Å². The second-order valence-corrected chi connectivity index (χ2v) is 5.89. The fourth-order valence-electron chi connectivity index (χ4n) is 2.51. The minimum Gasteiger partial charge on any atom is -0.406 e. The first-order chi connectivity index (χ1) is 13.8. The molecule has 0 aliphatic carbocycles. The molecular weight excluding hydrogens is 387 g/mol. The van der Waals surface area contributed by atoms with E-state index in [0.717, 1.165) is 4.57 Å². The highest BCUT2D eigenvalue weighted by Gasteiger charge is 2.30. The minimum absolute atomic E-state index is 0.0424. The van der Waals surface area contributed by atoms with Gasteiger partial charge in [-0.3, -0.25) is 9.98 Å². The number of rotatable bonds is 5. The van der Waals surface area contributed by atoms with Gasteiger partial charge >= 0.3 is 12.4 Å². The molecule has 3 aromatic rings. The van der Waals surface area contributed by atoms with Gasteiger partial charge in [-0.15, -0.1) is 13.2 Å². The molecule has 0 unspecified atom stereocenters. The number of alkyl halides is 3. The average molecular weight is 403 g/mol. The van der Waals surface area contributed by atoms with Crippen LogP contribution in [0.1, 0.15) is 5.82 Å². The van der Waals surface area contributed by atoms with E-state index < -0.39 is 12.4 Å². The largest absolute Gasteiger partial charge is 0.573 e. The summed E-state index contributed by atoms with van der Waals surface area (Å²) in [7, 11) is 0. The van der Waals surface area contributed by atoms with Crippen molar-refractivity contribution in [1.82, 2.24) is 19.9 Å². The number of ether oxygens (including phenoxy) is 1. The van der Waals surface area contributed by atoms with Crippen molar-refractivity contribution in [3.8, 4) is 16.9 Å². The summed E-state index contributed by atoms with van der Waals surface area (Å²) in [6.45, 7) is 0.281. The molecule has 2 aromatic heterocycles. The number of nitrogens with one attached hydrogen (secondary N) is 2. The number of hydrogen-bond acceptors (Lipinski definition) is 5. The van der Waals surface area contributed by atoms with Crippen LogP contribution >= 0.6 is 0 Å². The number of pyridine rings is 1. The van der Waals surface area contributed by atoms with Gasteiger partial charge in [0.25, 0.3) is 0 Å². The van der Waals surface area contributed by atoms with E-state index in [2.05, 4.69) is 20.0 Å². The predicted molar refractivity (Wildman–Crippen MR) is 96.9 cm³/mol. The molecule has 3 rings (SSSR count). The molecule has 0 fully saturated rings. The molecule has 0 spiro atoms. The van der Waals surface area contributed by atoms with Crippen LogP contribution in [-0.4, -0.2) is 33.5 Å². The third-order valence-electron chi connectivity index (χ3n) is 3.83. The summed E-state index contributed by atoms with van der Waals surface area (Å²) < 4.78 is 41.7. The molecular formula is C19H16F3N5O2. The molecule has 150 valence electrons. The van der Waals surface area contributed by atoms with Crippen LogP contribution in [0.15, 0.2) is 61.1 Å². The summed E-state index contributed by atoms with van der Waals surface area (Å²) in [6, 6.07) is 9.45. The van der Waals surface area contributed by atoms with Gasteiger partial charge in [0.1, 0.15) is 17.1 Å². The molecule has 2 N–H and O–H groups in total. The SMILES string of the molecule is N=c1ccc(-c2ccc(OC(F)(F)F)cc2)cn1C(=O)NCCc1ncccn1. The van der Waals surface area contributed by atoms with E-state index >= 15 is 0 Å². The first-order valence-corrected chi connectivity index (χ1v) is 8.49. The molecule has 10 heteroatoms. The van der Waals surface area contributed by atoms with Crippen molar-refractivity contribution in [1.29, 1.82) is 5.41 Å². The minimum atomic E-state index is -4.76. The van der Waals surface area contributed by atoms with Gasteiger partial charge in [0, 0.05) is 31.6 Å². The fraction of sp³-hybridized carbons (Fsp3) is 0.158. The zero-order valence-electron chi connectivity index (χ0n) is 15.0. The second-order valence-electron chi connectivity index (χ2n) is 5.89. The normalized spacial score (nSPS) is 11.1. The highest BCUT2D eigenvalue weighted by atomic mass is 19.4. The molecule has 0 aliphatic rings. The van der Waals surface area contributed by atoms with Crippen LogP contribution in [0.5, 0.6) is 5.75 Å². The molecule has 2 heterocycles. The lowest BCUT2D eigenvalue weighted by Gasteiger charge is -2.11. The van der Waals surface area contributed by atoms with E-state index in [9.17, 15) is 18.0 Å². The van der Waals surface area contributed by atoms with Crippen LogP contribution in [0, 0.1) is 5.41 Å². The zero-order valence-corrected chi connectivity index (χ0v) is 15.0. The number of hydrogen-bond donors (Lipinski definition) is 2. The van der Waals surface area contributed by atoms with Crippen LogP contribution in [-0.2, 0) is 6.42 Å². The Morgan fingerprint density at radius 1 is 1.07 bits per heavy atom. The molecule has 1 amide bonds. The molecule has 0 radical (unpaired) electrons. The lowest BCUT2D eigenvalue weighted by atomic mass is 10.1. The molecule has 0 aliphatic heterocycles. The van der Waals surface area contributed by atoms with Crippen molar-refractivity contribution < 1.29 is 22.7 Å². The Balaban J connectivity index is 1.70. The van der Waals surface area contributed by atoms with Gasteiger partial charge < -0.3 is 10.1 Å². The molecule has 7 nitrogen and oxygen atoms in total. The van der Waals surface area contributed by atoms with E-state index in [1.165, 1.54) is 36.5 Å². The van der Waals surface area contributed by atoms with Gasteiger partial charge in [-0.25, -0.2) is 14.8 Å². The quantitative estimate of drug-likeness (QED) is 0.685. The van der Waals surface area contributed by atoms with Gasteiger partial charge in [-0.05, 0) is 41.5 Å². The Hall–Kier alpha value is -3.69. The standard InChI is InChI=1S/C19H16F3N5O2/c20-19(21,22)29-15-5-2-13(3-6-15)14-4-7-16(23)27(12-14)18(28)26-11-8-17-24-9-1-10-25-17/h1-7,9-10,12,23H,8,11H2,(H,26,28). The van der Waals surface area contributed by atoms with Gasteiger partial charge in [0.15, 0.2) is 0 Å². The van der Waals surface area contributed by atoms with Crippen LogP contribution in [0.25, 0.3) is 11.1 Å². The number of amides is 1. The number of benzene rings is 1. The number of aromatic nitrogens is 3. The van der Waals surface area contributed by atoms with Crippen molar-refractivity contribution in [3.05, 3.63) is 72.4 Å². The fourth-order valence-corrected chi connectivity index (χ4v) is 2.51. The highest BCUT2D eigenvalue weighted by molar-refractivity contribution is 5.78. The summed E-state index contributed by atoms with van der Waals surface area (Å²) in [5.41, 5.74) is 1.08. The third kappa shape index (κ3) is 5.64. The van der Waals surface area contributed by atoms with Gasteiger partial charge in [0.2, 0.25) is 0 Å². The lowest BCUT2D eigenvalue weighted by Crippen LogP contribution is -2.36. The van der Waals surface area contributed by atoms with Crippen LogP contribution < -0.4 is 15.5 Å². The van der Waals surface area contributed by atoms with Gasteiger partial charge in [0.05, 0.1) is 0 Å². The van der Waals surface area contributed by atoms with E-state index in [1.807, 2.05) is 0 Å². The zero-order chi connectivity index (χ0) is 20.9. The topological polar surface area (TPSA) is 92.9 Å². The van der Waals surface area contributed by atoms with Gasteiger partial charge in [-0.2, -0.15) is 0 Å². The Bertz CT molecular complexity index is 1030. The lowest BCUT2D eigenvalue weighted by molar-refractivity contribution is -0.274. The maximum atomic E-state index is 12.4. The molecule has 0 atom stereocenters. The molecule has 0 saturated carbocycles. The predicted octanol–water partition coefficient (Wildman–Crippen LogP) is 3.12. The Morgan fingerprint density at radius 2 is 1.72 bits per heavy atom. The second kappa shape index (κ2) is 8.55. The first-order valence-electron chi connectivity index (χ1n) is 8.49. The molecule has 0 bridgehead atoms. The number of nitrogens with zero attached hydrogens (tertiary/aromatic N) is 3. The maximum absolute atomic E-state index is 12.4. The first kappa shape index (κ1) is 20.1. The third-order valence-corrected chi connectivity index (χ3v) is 3.83. The van der Waals surface area contributed by atoms with Crippen LogP contribution in [0.3, 0.4) is 0 Å². The van der Waals surface area contributed by atoms with Crippen molar-refractivity contribution in [2.24, 2.45) is 0 Å². The van der Waals surface area contributed by atoms with Gasteiger partial charge in [-0.1, -0.05) is 12.1 Å². The number of halogens is 3. The van der Waals surface area contributed by atoms with Crippen LogP contribution in [0.2, 0.25) is 0 Å². The number of carbonyl (C=O) groups excluding carboxylic acids is 1. The van der Waals surface area contributed by atoms with E-state index in [0.29, 0.717) is 23.4 Å². The molecule has 1 aromatic carbocycles. The Labute approximate surface area is 163 Å². The Kier molecular flexibility index (Phi) is 5.91. The summed E-state index contributed by atoms with van der Waals surface area (Å²) >= 11 is 0. The van der Waals surface area contributed by atoms with Crippen molar-refractivity contribution in [3.63, 3.8) is 0 Å². The summed E-state index contributed by atoms with van der Waals surface area (Å²) in [4.78, 5) is 20.5. The summed E-state index contributed by atoms with van der Waals surface area (Å²) in [5, 5.41) is 10.6. The van der Waals surface area contributed by atoms with E-state index in [-0.39, 0.29) is 17.8 Å². The number of carbonyl (C=O) groups is 1. The average Bonchev–Trinajstić information content (AvgIpc) is 2.68. The van der Waals surface area contributed by atoms with Crippen molar-refractivity contribution in [2.45, 2.75) is 12.8 Å². The molecule has 29 heavy (non-hydrogen) atoms. The van der Waals surface area contributed by atoms with Crippen molar-refractivity contribution in [2.75, 3.05) is 6.54 Å². The summed E-state index contributed by atoms with van der Waals surface area (Å²) in [5.74, 6) is 0.242. The van der Waals surface area contributed by atoms with Crippen molar-refractivity contribution >= 4 is 6.03 Å².